The molecule has 1 aliphatic heterocycles. The second-order valence-corrected chi connectivity index (χ2v) is 6.33. The van der Waals surface area contributed by atoms with Crippen molar-refractivity contribution in [2.75, 3.05) is 13.7 Å². The molecule has 1 aromatic carbocycles. The summed E-state index contributed by atoms with van der Waals surface area (Å²) in [5.74, 6) is -0.112. The molecular formula is C17H23NO7. The van der Waals surface area contributed by atoms with Crippen LogP contribution in [0.3, 0.4) is 0 Å². The highest BCUT2D eigenvalue weighted by Crippen LogP contribution is 2.25. The average Bonchev–Trinajstić information content (AvgIpc) is 3.45. The number of aliphatic hydroxyl groups excluding tert-OH is 3. The quantitative estimate of drug-likeness (QED) is 0.502. The number of carbonyl (C=O) groups is 1. The fourth-order valence-corrected chi connectivity index (χ4v) is 2.67. The fraction of sp³-hybridized carbons (Fsp3) is 0.588. The Hall–Kier alpha value is -1.71. The maximum atomic E-state index is 11.4. The summed E-state index contributed by atoms with van der Waals surface area (Å²) in [6.07, 6.45) is -3.64. The van der Waals surface area contributed by atoms with Gasteiger partial charge in [-0.25, -0.2) is 4.79 Å². The van der Waals surface area contributed by atoms with Crippen LogP contribution < -0.4 is 10.1 Å². The molecule has 138 valence electrons. The van der Waals surface area contributed by atoms with Crippen LogP contribution in [0.2, 0.25) is 0 Å². The molecule has 3 rings (SSSR count). The molecule has 8 nitrogen and oxygen atoms in total. The summed E-state index contributed by atoms with van der Waals surface area (Å²) in [7, 11) is 1.29. The summed E-state index contributed by atoms with van der Waals surface area (Å²) in [5, 5.41) is 33.4. The minimum absolute atomic E-state index is 0.356. The summed E-state index contributed by atoms with van der Waals surface area (Å²) in [5.41, 5.74) is 0.363. The van der Waals surface area contributed by atoms with Gasteiger partial charge in [0.2, 0.25) is 6.29 Å². The molecule has 1 saturated heterocycles. The van der Waals surface area contributed by atoms with Crippen molar-refractivity contribution in [2.24, 2.45) is 0 Å². The van der Waals surface area contributed by atoms with Gasteiger partial charge in [-0.2, -0.15) is 0 Å². The summed E-state index contributed by atoms with van der Waals surface area (Å²) < 4.78 is 15.8. The van der Waals surface area contributed by atoms with E-state index in [1.807, 2.05) is 0 Å². The highest BCUT2D eigenvalue weighted by Gasteiger charge is 2.45. The lowest BCUT2D eigenvalue weighted by Crippen LogP contribution is -2.61. The monoisotopic (exact) mass is 353 g/mol. The molecule has 0 bridgehead atoms. The molecule has 1 aliphatic carbocycles. The van der Waals surface area contributed by atoms with Crippen molar-refractivity contribution >= 4 is 5.97 Å². The topological polar surface area (TPSA) is 117 Å². The largest absolute Gasteiger partial charge is 0.465 e. The lowest BCUT2D eigenvalue weighted by molar-refractivity contribution is -0.270. The highest BCUT2D eigenvalue weighted by molar-refractivity contribution is 5.89. The van der Waals surface area contributed by atoms with Crippen LogP contribution in [0.25, 0.3) is 0 Å². The molecule has 2 aliphatic rings. The van der Waals surface area contributed by atoms with Crippen LogP contribution >= 0.6 is 0 Å². The zero-order valence-electron chi connectivity index (χ0n) is 13.9. The first-order valence-corrected chi connectivity index (χ1v) is 8.27. The SMILES string of the molecule is COC(=O)c1ccc(OC2O[C@H](CNC3CC3)[C@@H](O)[C@H](O)[C@@H]2O)cc1. The molecule has 0 spiro atoms. The molecule has 1 aromatic rings. The number of methoxy groups -OCH3 is 1. The van der Waals surface area contributed by atoms with Crippen LogP contribution in [0, 0.1) is 0 Å². The van der Waals surface area contributed by atoms with Gasteiger partial charge in [0.1, 0.15) is 30.2 Å². The van der Waals surface area contributed by atoms with Gasteiger partial charge in [-0.1, -0.05) is 0 Å². The van der Waals surface area contributed by atoms with Crippen LogP contribution in [-0.4, -0.2) is 71.7 Å². The number of rotatable bonds is 6. The maximum Gasteiger partial charge on any atom is 0.337 e. The Kier molecular flexibility index (Phi) is 5.55. The summed E-state index contributed by atoms with van der Waals surface area (Å²) >= 11 is 0. The van der Waals surface area contributed by atoms with Gasteiger partial charge in [-0.05, 0) is 37.1 Å². The van der Waals surface area contributed by atoms with Gasteiger partial charge in [0, 0.05) is 12.6 Å². The maximum absolute atomic E-state index is 11.4. The summed E-state index contributed by atoms with van der Waals surface area (Å²) in [6, 6.07) is 6.54. The van der Waals surface area contributed by atoms with E-state index < -0.39 is 36.7 Å². The van der Waals surface area contributed by atoms with Gasteiger partial charge in [0.15, 0.2) is 0 Å². The number of benzene rings is 1. The second-order valence-electron chi connectivity index (χ2n) is 6.33. The van der Waals surface area contributed by atoms with E-state index in [1.54, 1.807) is 0 Å². The Bertz CT molecular complexity index is 589. The molecule has 0 amide bonds. The smallest absolute Gasteiger partial charge is 0.337 e. The molecule has 0 aromatic heterocycles. The zero-order chi connectivity index (χ0) is 18.0. The van der Waals surface area contributed by atoms with Crippen LogP contribution in [-0.2, 0) is 9.47 Å². The third-order valence-electron chi connectivity index (χ3n) is 4.38. The Balaban J connectivity index is 1.63. The number of aliphatic hydroxyl groups is 3. The predicted octanol–water partition coefficient (Wildman–Crippen LogP) is -0.588. The summed E-state index contributed by atoms with van der Waals surface area (Å²) in [6.45, 7) is 0.358. The van der Waals surface area contributed by atoms with Crippen LogP contribution in [0.5, 0.6) is 5.75 Å². The lowest BCUT2D eigenvalue weighted by atomic mass is 9.99. The number of nitrogens with one attached hydrogen (secondary N) is 1. The van der Waals surface area contributed by atoms with Crippen molar-refractivity contribution in [1.82, 2.24) is 5.32 Å². The Morgan fingerprint density at radius 2 is 1.84 bits per heavy atom. The average molecular weight is 353 g/mol. The van der Waals surface area contributed by atoms with E-state index >= 15 is 0 Å². The third kappa shape index (κ3) is 4.28. The Labute approximate surface area is 145 Å². The zero-order valence-corrected chi connectivity index (χ0v) is 13.9. The number of esters is 1. The van der Waals surface area contributed by atoms with E-state index in [2.05, 4.69) is 10.1 Å². The fourth-order valence-electron chi connectivity index (χ4n) is 2.67. The number of ether oxygens (including phenoxy) is 3. The van der Waals surface area contributed by atoms with Gasteiger partial charge >= 0.3 is 5.97 Å². The first kappa shape index (κ1) is 18.1. The normalized spacial score (nSPS) is 32.2. The Morgan fingerprint density at radius 1 is 1.16 bits per heavy atom. The van der Waals surface area contributed by atoms with Crippen LogP contribution in [0.1, 0.15) is 23.2 Å². The highest BCUT2D eigenvalue weighted by atomic mass is 16.7. The molecule has 2 fully saturated rings. The predicted molar refractivity (Wildman–Crippen MR) is 86.1 cm³/mol. The van der Waals surface area contributed by atoms with E-state index in [-0.39, 0.29) is 0 Å². The van der Waals surface area contributed by atoms with E-state index in [9.17, 15) is 20.1 Å². The molecule has 0 radical (unpaired) electrons. The van der Waals surface area contributed by atoms with Crippen molar-refractivity contribution in [1.29, 1.82) is 0 Å². The van der Waals surface area contributed by atoms with Gasteiger partial charge in [-0.15, -0.1) is 0 Å². The molecule has 8 heteroatoms. The molecular weight excluding hydrogens is 330 g/mol. The molecule has 1 heterocycles. The van der Waals surface area contributed by atoms with Gasteiger partial charge < -0.3 is 34.8 Å². The molecule has 1 saturated carbocycles. The minimum Gasteiger partial charge on any atom is -0.465 e. The standard InChI is InChI=1S/C17H23NO7/c1-23-16(22)9-2-6-11(7-3-9)24-17-15(21)14(20)13(19)12(25-17)8-18-10-4-5-10/h2-3,6-7,10,12-15,17-21H,4-5,8H2,1H3/t12-,13-,14+,15+,17?/m1/s1. The number of hydrogen-bond donors (Lipinski definition) is 4. The van der Waals surface area contributed by atoms with Crippen molar-refractivity contribution in [3.63, 3.8) is 0 Å². The molecule has 1 unspecified atom stereocenters. The molecule has 25 heavy (non-hydrogen) atoms. The lowest BCUT2D eigenvalue weighted by Gasteiger charge is -2.40. The third-order valence-corrected chi connectivity index (χ3v) is 4.38. The number of carbonyl (C=O) groups excluding carboxylic acids is 1. The minimum atomic E-state index is -1.40. The van der Waals surface area contributed by atoms with E-state index in [4.69, 9.17) is 9.47 Å². The van der Waals surface area contributed by atoms with Crippen LogP contribution in [0.4, 0.5) is 0 Å². The first-order valence-electron chi connectivity index (χ1n) is 8.27. The van der Waals surface area contributed by atoms with Crippen molar-refractivity contribution in [3.05, 3.63) is 29.8 Å². The molecule has 5 atom stereocenters. The van der Waals surface area contributed by atoms with Gasteiger partial charge in [0.05, 0.1) is 12.7 Å². The van der Waals surface area contributed by atoms with E-state index in [1.165, 1.54) is 31.4 Å². The van der Waals surface area contributed by atoms with E-state index in [0.717, 1.165) is 12.8 Å². The summed E-state index contributed by atoms with van der Waals surface area (Å²) in [4.78, 5) is 11.4. The first-order chi connectivity index (χ1) is 12.0. The second kappa shape index (κ2) is 7.67. The van der Waals surface area contributed by atoms with Gasteiger partial charge in [0.25, 0.3) is 0 Å². The molecule has 4 N–H and O–H groups in total. The van der Waals surface area contributed by atoms with Crippen molar-refractivity contribution in [3.8, 4) is 5.75 Å². The van der Waals surface area contributed by atoms with Crippen LogP contribution in [0.15, 0.2) is 24.3 Å². The van der Waals surface area contributed by atoms with E-state index in [0.29, 0.717) is 23.9 Å². The number of hydrogen-bond acceptors (Lipinski definition) is 8. The Morgan fingerprint density at radius 3 is 2.44 bits per heavy atom. The van der Waals surface area contributed by atoms with Crippen molar-refractivity contribution < 1.29 is 34.3 Å². The van der Waals surface area contributed by atoms with Crippen molar-refractivity contribution in [2.45, 2.75) is 49.6 Å². The van der Waals surface area contributed by atoms with Gasteiger partial charge in [-0.3, -0.25) is 0 Å².